The van der Waals surface area contributed by atoms with Crippen molar-refractivity contribution in [3.63, 3.8) is 0 Å². The third-order valence-corrected chi connectivity index (χ3v) is 3.47. The Bertz CT molecular complexity index is 949. The number of hydrogen-bond acceptors (Lipinski definition) is 4. The van der Waals surface area contributed by atoms with Crippen LogP contribution in [0, 0.1) is 6.92 Å². The number of carbonyl (C=O) groups excluding carboxylic acids is 1. The summed E-state index contributed by atoms with van der Waals surface area (Å²) in [4.78, 5) is 43.8. The zero-order chi connectivity index (χ0) is 16.4. The van der Waals surface area contributed by atoms with Crippen molar-refractivity contribution >= 4 is 11.6 Å². The maximum Gasteiger partial charge on any atom is 0.325 e. The molecule has 3 aromatic heterocycles. The van der Waals surface area contributed by atoms with Gasteiger partial charge >= 0.3 is 5.69 Å². The maximum absolute atomic E-state index is 12.0. The van der Waals surface area contributed by atoms with E-state index in [4.69, 9.17) is 0 Å². The Labute approximate surface area is 130 Å². The molecule has 0 spiro atoms. The van der Waals surface area contributed by atoms with Crippen molar-refractivity contribution in [2.24, 2.45) is 0 Å². The molecular weight excluding hydrogens is 298 g/mol. The Hall–Kier alpha value is -3.16. The van der Waals surface area contributed by atoms with Crippen molar-refractivity contribution in [1.82, 2.24) is 24.7 Å². The molecule has 3 N–H and O–H groups in total. The number of fused-ring (bicyclic) bond motifs is 1. The molecule has 1 amide bonds. The van der Waals surface area contributed by atoms with Crippen molar-refractivity contribution in [3.05, 3.63) is 68.4 Å². The first kappa shape index (κ1) is 14.8. The summed E-state index contributed by atoms with van der Waals surface area (Å²) in [7, 11) is 0. The fraction of sp³-hybridized carbons (Fsp3) is 0.200. The number of imidazole rings is 1. The standard InChI is InChI=1S/C15H15N5O3/c1-9-11(14(22)19-15(23)17-9)6-13(21)16-7-10-8-20-5-3-2-4-12(20)18-10/h2-5,8H,6-7H2,1H3,(H,16,21)(H2,17,19,22,23). The highest BCUT2D eigenvalue weighted by Gasteiger charge is 2.11. The average Bonchev–Trinajstić information content (AvgIpc) is 2.91. The molecule has 0 aromatic carbocycles. The van der Waals surface area contributed by atoms with Crippen LogP contribution in [0.4, 0.5) is 0 Å². The molecule has 0 saturated carbocycles. The lowest BCUT2D eigenvalue weighted by Gasteiger charge is -2.05. The van der Waals surface area contributed by atoms with Gasteiger partial charge < -0.3 is 14.7 Å². The predicted octanol–water partition coefficient (Wildman–Crippen LogP) is -0.122. The van der Waals surface area contributed by atoms with Crippen molar-refractivity contribution in [2.75, 3.05) is 0 Å². The maximum atomic E-state index is 12.0. The third kappa shape index (κ3) is 3.20. The highest BCUT2D eigenvalue weighted by molar-refractivity contribution is 5.78. The van der Waals surface area contributed by atoms with Crippen LogP contribution in [-0.2, 0) is 17.8 Å². The average molecular weight is 313 g/mol. The normalized spacial score (nSPS) is 10.8. The van der Waals surface area contributed by atoms with Gasteiger partial charge in [-0.25, -0.2) is 9.78 Å². The first-order chi connectivity index (χ1) is 11.0. The molecule has 0 bridgehead atoms. The summed E-state index contributed by atoms with van der Waals surface area (Å²) >= 11 is 0. The van der Waals surface area contributed by atoms with Gasteiger partial charge in [0.05, 0.1) is 18.7 Å². The summed E-state index contributed by atoms with van der Waals surface area (Å²) in [6, 6.07) is 5.65. The molecule has 118 valence electrons. The number of H-pyrrole nitrogens is 2. The van der Waals surface area contributed by atoms with E-state index in [1.54, 1.807) is 6.92 Å². The minimum Gasteiger partial charge on any atom is -0.350 e. The van der Waals surface area contributed by atoms with E-state index in [0.29, 0.717) is 5.69 Å². The number of aromatic amines is 2. The lowest BCUT2D eigenvalue weighted by Crippen LogP contribution is -2.32. The van der Waals surface area contributed by atoms with Gasteiger partial charge in [-0.15, -0.1) is 0 Å². The zero-order valence-electron chi connectivity index (χ0n) is 12.4. The Morgan fingerprint density at radius 2 is 2.13 bits per heavy atom. The molecule has 0 unspecified atom stereocenters. The number of carbonyl (C=O) groups is 1. The highest BCUT2D eigenvalue weighted by Crippen LogP contribution is 2.04. The van der Waals surface area contributed by atoms with E-state index in [1.165, 1.54) is 0 Å². The number of rotatable bonds is 4. The fourth-order valence-corrected chi connectivity index (χ4v) is 2.32. The van der Waals surface area contributed by atoms with Gasteiger partial charge in [-0.3, -0.25) is 14.6 Å². The number of aryl methyl sites for hydroxylation is 1. The van der Waals surface area contributed by atoms with Gasteiger partial charge in [-0.05, 0) is 19.1 Å². The van der Waals surface area contributed by atoms with Gasteiger partial charge in [0, 0.05) is 23.7 Å². The molecule has 0 aliphatic heterocycles. The second-order valence-electron chi connectivity index (χ2n) is 5.16. The van der Waals surface area contributed by atoms with Crippen LogP contribution < -0.4 is 16.6 Å². The largest absolute Gasteiger partial charge is 0.350 e. The highest BCUT2D eigenvalue weighted by atomic mass is 16.2. The summed E-state index contributed by atoms with van der Waals surface area (Å²) < 4.78 is 1.86. The first-order valence-electron chi connectivity index (χ1n) is 7.04. The number of nitrogens with zero attached hydrogens (tertiary/aromatic N) is 2. The molecule has 3 aromatic rings. The van der Waals surface area contributed by atoms with E-state index < -0.39 is 11.2 Å². The lowest BCUT2D eigenvalue weighted by molar-refractivity contribution is -0.120. The summed E-state index contributed by atoms with van der Waals surface area (Å²) in [5.74, 6) is -0.317. The van der Waals surface area contributed by atoms with Crippen molar-refractivity contribution in [2.45, 2.75) is 19.9 Å². The van der Waals surface area contributed by atoms with Crippen LogP contribution in [0.5, 0.6) is 0 Å². The van der Waals surface area contributed by atoms with E-state index in [1.807, 2.05) is 35.0 Å². The number of nitrogens with one attached hydrogen (secondary N) is 3. The van der Waals surface area contributed by atoms with Crippen LogP contribution in [-0.4, -0.2) is 25.3 Å². The third-order valence-electron chi connectivity index (χ3n) is 3.47. The smallest absolute Gasteiger partial charge is 0.325 e. The Kier molecular flexibility index (Phi) is 3.80. The number of pyridine rings is 1. The molecule has 3 rings (SSSR count). The summed E-state index contributed by atoms with van der Waals surface area (Å²) in [5.41, 5.74) is 1.02. The molecule has 0 aliphatic rings. The summed E-state index contributed by atoms with van der Waals surface area (Å²) in [6.07, 6.45) is 3.59. The van der Waals surface area contributed by atoms with Gasteiger partial charge in [0.2, 0.25) is 5.91 Å². The Balaban J connectivity index is 1.68. The SMILES string of the molecule is Cc1[nH]c(=O)[nH]c(=O)c1CC(=O)NCc1cn2ccccc2n1. The van der Waals surface area contributed by atoms with E-state index in [0.717, 1.165) is 11.3 Å². The van der Waals surface area contributed by atoms with Gasteiger partial charge in [0.25, 0.3) is 5.56 Å². The van der Waals surface area contributed by atoms with Gasteiger partial charge in [-0.2, -0.15) is 0 Å². The van der Waals surface area contributed by atoms with Crippen molar-refractivity contribution in [1.29, 1.82) is 0 Å². The minimum absolute atomic E-state index is 0.106. The topological polar surface area (TPSA) is 112 Å². The van der Waals surface area contributed by atoms with Crippen LogP contribution in [0.25, 0.3) is 5.65 Å². The molecule has 0 radical (unpaired) electrons. The van der Waals surface area contributed by atoms with E-state index in [9.17, 15) is 14.4 Å². The van der Waals surface area contributed by atoms with Crippen LogP contribution in [0.1, 0.15) is 17.0 Å². The molecule has 0 saturated heterocycles. The van der Waals surface area contributed by atoms with Crippen molar-refractivity contribution in [3.8, 4) is 0 Å². The molecule has 0 atom stereocenters. The van der Waals surface area contributed by atoms with Crippen LogP contribution >= 0.6 is 0 Å². The van der Waals surface area contributed by atoms with E-state index in [-0.39, 0.29) is 24.4 Å². The van der Waals surface area contributed by atoms with Gasteiger partial charge in [0.1, 0.15) is 5.65 Å². The summed E-state index contributed by atoms with van der Waals surface area (Å²) in [6.45, 7) is 1.85. The minimum atomic E-state index is -0.582. The van der Waals surface area contributed by atoms with Crippen LogP contribution in [0.15, 0.2) is 40.2 Å². The second kappa shape index (κ2) is 5.91. The Morgan fingerprint density at radius 3 is 2.87 bits per heavy atom. The molecule has 3 heterocycles. The molecule has 0 fully saturated rings. The van der Waals surface area contributed by atoms with Gasteiger partial charge in [0.15, 0.2) is 0 Å². The molecular formula is C15H15N5O3. The number of aromatic nitrogens is 4. The molecule has 8 heteroatoms. The predicted molar refractivity (Wildman–Crippen MR) is 83.2 cm³/mol. The second-order valence-corrected chi connectivity index (χ2v) is 5.16. The van der Waals surface area contributed by atoms with Crippen molar-refractivity contribution < 1.29 is 4.79 Å². The molecule has 0 aliphatic carbocycles. The van der Waals surface area contributed by atoms with Crippen LogP contribution in [0.3, 0.4) is 0 Å². The van der Waals surface area contributed by atoms with Crippen LogP contribution in [0.2, 0.25) is 0 Å². The Morgan fingerprint density at radius 1 is 1.30 bits per heavy atom. The quantitative estimate of drug-likeness (QED) is 0.623. The zero-order valence-corrected chi connectivity index (χ0v) is 12.4. The molecule has 23 heavy (non-hydrogen) atoms. The van der Waals surface area contributed by atoms with E-state index >= 15 is 0 Å². The summed E-state index contributed by atoms with van der Waals surface area (Å²) in [5, 5.41) is 2.72. The first-order valence-corrected chi connectivity index (χ1v) is 7.04. The lowest BCUT2D eigenvalue weighted by atomic mass is 10.1. The van der Waals surface area contributed by atoms with Gasteiger partial charge in [-0.1, -0.05) is 6.07 Å². The monoisotopic (exact) mass is 313 g/mol. The fourth-order valence-electron chi connectivity index (χ4n) is 2.32. The molecule has 8 nitrogen and oxygen atoms in total. The number of hydrogen-bond donors (Lipinski definition) is 3. The van der Waals surface area contributed by atoms with E-state index in [2.05, 4.69) is 20.3 Å². The number of amides is 1.